The van der Waals surface area contributed by atoms with E-state index in [0.717, 1.165) is 25.7 Å². The van der Waals surface area contributed by atoms with Crippen molar-refractivity contribution in [2.75, 3.05) is 24.7 Å². The number of nitrogens with zero attached hydrogens (tertiary/aromatic N) is 1. The van der Waals surface area contributed by atoms with Crippen LogP contribution in [0.25, 0.3) is 0 Å². The maximum atomic E-state index is 12.3. The van der Waals surface area contributed by atoms with Crippen LogP contribution in [-0.4, -0.2) is 48.2 Å². The molecule has 0 spiro atoms. The molecule has 1 saturated carbocycles. The molecule has 19 heavy (non-hydrogen) atoms. The lowest BCUT2D eigenvalue weighted by Gasteiger charge is -2.47. The summed E-state index contributed by atoms with van der Waals surface area (Å²) in [5.74, 6) is 0.553. The fourth-order valence-corrected chi connectivity index (χ4v) is 5.37. The first-order chi connectivity index (χ1) is 8.87. The predicted octanol–water partition coefficient (Wildman–Crippen LogP) is 1.82. The number of piperidine rings is 1. The standard InChI is InChI=1S/C13H24ClNO3S/c1-11(8-14)10-19(17,18)15-7-6-13(16)5-3-2-4-12(13)9-15/h11-12,16H,2-10H2,1H3. The molecule has 0 amide bonds. The van der Waals surface area contributed by atoms with E-state index in [1.807, 2.05) is 6.92 Å². The van der Waals surface area contributed by atoms with E-state index in [1.54, 1.807) is 4.31 Å². The smallest absolute Gasteiger partial charge is 0.214 e. The third-order valence-corrected chi connectivity index (χ3v) is 7.18. The maximum absolute atomic E-state index is 12.3. The molecule has 1 N–H and O–H groups in total. The van der Waals surface area contributed by atoms with Gasteiger partial charge in [-0.05, 0) is 25.2 Å². The van der Waals surface area contributed by atoms with E-state index in [4.69, 9.17) is 11.6 Å². The van der Waals surface area contributed by atoms with Crippen LogP contribution in [0, 0.1) is 11.8 Å². The van der Waals surface area contributed by atoms with Crippen molar-refractivity contribution in [1.29, 1.82) is 0 Å². The Morgan fingerprint density at radius 1 is 1.42 bits per heavy atom. The summed E-state index contributed by atoms with van der Waals surface area (Å²) >= 11 is 5.71. The molecule has 3 unspecified atom stereocenters. The first-order valence-corrected chi connectivity index (χ1v) is 9.28. The summed E-state index contributed by atoms with van der Waals surface area (Å²) in [6, 6.07) is 0. The minimum absolute atomic E-state index is 0.0289. The van der Waals surface area contributed by atoms with Crippen molar-refractivity contribution in [2.45, 2.75) is 44.6 Å². The molecule has 112 valence electrons. The van der Waals surface area contributed by atoms with Gasteiger partial charge in [0.15, 0.2) is 0 Å². The van der Waals surface area contributed by atoms with Crippen molar-refractivity contribution < 1.29 is 13.5 Å². The fraction of sp³-hybridized carbons (Fsp3) is 1.00. The lowest BCUT2D eigenvalue weighted by molar-refractivity contribution is -0.0816. The van der Waals surface area contributed by atoms with Crippen molar-refractivity contribution in [3.63, 3.8) is 0 Å². The number of aliphatic hydroxyl groups is 1. The van der Waals surface area contributed by atoms with Gasteiger partial charge in [0, 0.05) is 24.9 Å². The lowest BCUT2D eigenvalue weighted by Crippen LogP contribution is -2.55. The van der Waals surface area contributed by atoms with Crippen molar-refractivity contribution >= 4 is 21.6 Å². The average Bonchev–Trinajstić information content (AvgIpc) is 2.36. The number of fused-ring (bicyclic) bond motifs is 1. The van der Waals surface area contributed by atoms with Gasteiger partial charge in [-0.2, -0.15) is 0 Å². The zero-order valence-corrected chi connectivity index (χ0v) is 13.1. The van der Waals surface area contributed by atoms with Crippen molar-refractivity contribution in [2.24, 2.45) is 11.8 Å². The van der Waals surface area contributed by atoms with Crippen molar-refractivity contribution in [1.82, 2.24) is 4.31 Å². The summed E-state index contributed by atoms with van der Waals surface area (Å²) in [6.45, 7) is 2.78. The minimum Gasteiger partial charge on any atom is -0.390 e. The van der Waals surface area contributed by atoms with Gasteiger partial charge in [0.25, 0.3) is 0 Å². The largest absolute Gasteiger partial charge is 0.390 e. The first kappa shape index (κ1) is 15.5. The molecule has 1 saturated heterocycles. The van der Waals surface area contributed by atoms with Gasteiger partial charge in [0.1, 0.15) is 0 Å². The Morgan fingerprint density at radius 2 is 2.16 bits per heavy atom. The number of rotatable bonds is 4. The summed E-state index contributed by atoms with van der Waals surface area (Å²) in [4.78, 5) is 0. The molecule has 1 aliphatic carbocycles. The Kier molecular flexibility index (Phi) is 4.81. The van der Waals surface area contributed by atoms with Crippen LogP contribution in [0.2, 0.25) is 0 Å². The van der Waals surface area contributed by atoms with E-state index in [0.29, 0.717) is 25.4 Å². The van der Waals surface area contributed by atoms with Gasteiger partial charge in [-0.3, -0.25) is 0 Å². The SMILES string of the molecule is CC(CCl)CS(=O)(=O)N1CCC2(O)CCCCC2C1. The molecule has 2 rings (SSSR count). The molecule has 0 aromatic carbocycles. The van der Waals surface area contributed by atoms with E-state index in [1.165, 1.54) is 0 Å². The zero-order valence-electron chi connectivity index (χ0n) is 11.5. The highest BCUT2D eigenvalue weighted by Crippen LogP contribution is 2.40. The third kappa shape index (κ3) is 3.43. The van der Waals surface area contributed by atoms with Gasteiger partial charge in [0.05, 0.1) is 11.4 Å². The minimum atomic E-state index is -3.23. The van der Waals surface area contributed by atoms with Crippen LogP contribution in [0.1, 0.15) is 39.0 Å². The van der Waals surface area contributed by atoms with Crippen molar-refractivity contribution in [3.8, 4) is 0 Å². The molecule has 4 nitrogen and oxygen atoms in total. The molecule has 0 radical (unpaired) electrons. The number of hydrogen-bond acceptors (Lipinski definition) is 3. The van der Waals surface area contributed by atoms with Crippen LogP contribution in [0.5, 0.6) is 0 Å². The molecule has 2 aliphatic rings. The van der Waals surface area contributed by atoms with Crippen LogP contribution in [0.3, 0.4) is 0 Å². The molecule has 0 aromatic heterocycles. The molecule has 1 heterocycles. The average molecular weight is 310 g/mol. The second kappa shape index (κ2) is 5.88. The number of sulfonamides is 1. The quantitative estimate of drug-likeness (QED) is 0.806. The summed E-state index contributed by atoms with van der Waals surface area (Å²) in [5.41, 5.74) is -0.623. The monoisotopic (exact) mass is 309 g/mol. The molecule has 6 heteroatoms. The summed E-state index contributed by atoms with van der Waals surface area (Å²) in [5, 5.41) is 10.6. The van der Waals surface area contributed by atoms with Gasteiger partial charge in [-0.25, -0.2) is 12.7 Å². The lowest BCUT2D eigenvalue weighted by atomic mass is 9.72. The highest BCUT2D eigenvalue weighted by Gasteiger charge is 2.45. The highest BCUT2D eigenvalue weighted by molar-refractivity contribution is 7.89. The Morgan fingerprint density at radius 3 is 2.84 bits per heavy atom. The summed E-state index contributed by atoms with van der Waals surface area (Å²) < 4.78 is 26.2. The Hall–Kier alpha value is 0.160. The van der Waals surface area contributed by atoms with Gasteiger partial charge < -0.3 is 5.11 Å². The Bertz CT molecular complexity index is 414. The number of hydrogen-bond donors (Lipinski definition) is 1. The fourth-order valence-electron chi connectivity index (χ4n) is 3.30. The van der Waals surface area contributed by atoms with Gasteiger partial charge in [-0.15, -0.1) is 11.6 Å². The molecule has 2 fully saturated rings. The molecular formula is C13H24ClNO3S. The van der Waals surface area contributed by atoms with Crippen LogP contribution in [0.15, 0.2) is 0 Å². The topological polar surface area (TPSA) is 57.6 Å². The Balaban J connectivity index is 2.04. The van der Waals surface area contributed by atoms with Crippen LogP contribution >= 0.6 is 11.6 Å². The van der Waals surface area contributed by atoms with Gasteiger partial charge in [0.2, 0.25) is 10.0 Å². The molecule has 3 atom stereocenters. The summed E-state index contributed by atoms with van der Waals surface area (Å²) in [6.07, 6.45) is 4.49. The highest BCUT2D eigenvalue weighted by atomic mass is 35.5. The third-order valence-electron chi connectivity index (χ3n) is 4.54. The van der Waals surface area contributed by atoms with E-state index in [9.17, 15) is 13.5 Å². The second-order valence-corrected chi connectivity index (χ2v) is 8.51. The zero-order chi connectivity index (χ0) is 14.1. The molecule has 0 aromatic rings. The van der Waals surface area contributed by atoms with E-state index < -0.39 is 15.6 Å². The van der Waals surface area contributed by atoms with E-state index >= 15 is 0 Å². The summed E-state index contributed by atoms with van der Waals surface area (Å²) in [7, 11) is -3.23. The molecular weight excluding hydrogens is 286 g/mol. The van der Waals surface area contributed by atoms with Gasteiger partial charge >= 0.3 is 0 Å². The normalized spacial score (nSPS) is 34.8. The van der Waals surface area contributed by atoms with E-state index in [-0.39, 0.29) is 17.6 Å². The van der Waals surface area contributed by atoms with E-state index in [2.05, 4.69) is 0 Å². The molecule has 1 aliphatic heterocycles. The number of halogens is 1. The first-order valence-electron chi connectivity index (χ1n) is 7.13. The molecule has 0 bridgehead atoms. The van der Waals surface area contributed by atoms with Crippen LogP contribution in [0.4, 0.5) is 0 Å². The van der Waals surface area contributed by atoms with Crippen LogP contribution in [-0.2, 0) is 10.0 Å². The van der Waals surface area contributed by atoms with Gasteiger partial charge in [-0.1, -0.05) is 19.8 Å². The maximum Gasteiger partial charge on any atom is 0.214 e. The predicted molar refractivity (Wildman–Crippen MR) is 76.8 cm³/mol. The van der Waals surface area contributed by atoms with Crippen molar-refractivity contribution in [3.05, 3.63) is 0 Å². The Labute approximate surface area is 121 Å². The van der Waals surface area contributed by atoms with Crippen LogP contribution < -0.4 is 0 Å². The second-order valence-electron chi connectivity index (χ2n) is 6.19. The number of alkyl halides is 1.